The lowest BCUT2D eigenvalue weighted by Gasteiger charge is -2.11. The summed E-state index contributed by atoms with van der Waals surface area (Å²) >= 11 is 0. The molecule has 6 nitrogen and oxygen atoms in total. The van der Waals surface area contributed by atoms with Crippen molar-refractivity contribution in [2.45, 2.75) is 31.1 Å². The molecular formula is C20H21N3O3S. The summed E-state index contributed by atoms with van der Waals surface area (Å²) in [6.07, 6.45) is 0.971. The Hall–Kier alpha value is -2.77. The van der Waals surface area contributed by atoms with Gasteiger partial charge in [0.2, 0.25) is 0 Å². The van der Waals surface area contributed by atoms with Gasteiger partial charge in [-0.05, 0) is 42.2 Å². The topological polar surface area (TPSA) is 88.2 Å². The second-order valence-corrected chi connectivity index (χ2v) is 8.01. The van der Waals surface area contributed by atoms with Gasteiger partial charge in [-0.15, -0.1) is 4.83 Å². The second kappa shape index (κ2) is 7.85. The molecule has 0 saturated heterocycles. The summed E-state index contributed by atoms with van der Waals surface area (Å²) in [4.78, 5) is 18.7. The number of fused-ring (bicyclic) bond motifs is 1. The molecule has 0 bridgehead atoms. The standard InChI is InChI=1S/C20H21N3O3S/c1-3-14(2)15-8-11-17(12-9-15)27(25,26)23-22-20(24)19-13-10-16-6-4-5-7-18(16)21-19/h4-14,23H,3H2,1-2H3,(H,22,24). The van der Waals surface area contributed by atoms with Gasteiger partial charge in [-0.1, -0.05) is 50.2 Å². The van der Waals surface area contributed by atoms with Crippen molar-refractivity contribution in [3.8, 4) is 0 Å². The summed E-state index contributed by atoms with van der Waals surface area (Å²) in [5, 5.41) is 0.899. The van der Waals surface area contributed by atoms with Crippen molar-refractivity contribution in [1.29, 1.82) is 0 Å². The number of sulfonamides is 1. The Morgan fingerprint density at radius 3 is 2.44 bits per heavy atom. The Morgan fingerprint density at radius 2 is 1.74 bits per heavy atom. The van der Waals surface area contributed by atoms with E-state index >= 15 is 0 Å². The number of rotatable bonds is 6. The SMILES string of the molecule is CCC(C)c1ccc(S(=O)(=O)NNC(=O)c2ccc3ccccc3n2)cc1. The van der Waals surface area contributed by atoms with Crippen LogP contribution in [0.5, 0.6) is 0 Å². The van der Waals surface area contributed by atoms with E-state index in [4.69, 9.17) is 0 Å². The second-order valence-electron chi connectivity index (χ2n) is 6.33. The van der Waals surface area contributed by atoms with Gasteiger partial charge in [-0.2, -0.15) is 0 Å². The molecule has 1 atom stereocenters. The minimum atomic E-state index is -3.86. The maximum absolute atomic E-state index is 12.4. The Morgan fingerprint density at radius 1 is 1.04 bits per heavy atom. The lowest BCUT2D eigenvalue weighted by atomic mass is 9.99. The molecule has 3 aromatic rings. The summed E-state index contributed by atoms with van der Waals surface area (Å²) in [5.74, 6) is -0.269. The number of para-hydroxylation sites is 1. The molecule has 3 rings (SSSR count). The number of aromatic nitrogens is 1. The van der Waals surface area contributed by atoms with Crippen molar-refractivity contribution in [2.75, 3.05) is 0 Å². The van der Waals surface area contributed by atoms with E-state index in [-0.39, 0.29) is 10.6 Å². The van der Waals surface area contributed by atoms with Crippen LogP contribution in [0.25, 0.3) is 10.9 Å². The molecule has 0 aliphatic rings. The summed E-state index contributed by atoms with van der Waals surface area (Å²) in [7, 11) is -3.86. The molecule has 7 heteroatoms. The predicted octanol–water partition coefficient (Wildman–Crippen LogP) is 3.37. The Bertz CT molecular complexity index is 1060. The molecule has 27 heavy (non-hydrogen) atoms. The number of pyridine rings is 1. The minimum absolute atomic E-state index is 0.0846. The molecule has 1 unspecified atom stereocenters. The molecule has 0 radical (unpaired) electrons. The fraction of sp³-hybridized carbons (Fsp3) is 0.200. The van der Waals surface area contributed by atoms with Gasteiger partial charge < -0.3 is 0 Å². The fourth-order valence-electron chi connectivity index (χ4n) is 2.64. The van der Waals surface area contributed by atoms with Crippen molar-refractivity contribution >= 4 is 26.8 Å². The first-order chi connectivity index (χ1) is 12.9. The third-order valence-electron chi connectivity index (χ3n) is 4.50. The van der Waals surface area contributed by atoms with E-state index in [1.807, 2.05) is 18.2 Å². The average Bonchev–Trinajstić information content (AvgIpc) is 2.71. The lowest BCUT2D eigenvalue weighted by molar-refractivity contribution is 0.0940. The zero-order chi connectivity index (χ0) is 19.4. The average molecular weight is 383 g/mol. The number of nitrogens with zero attached hydrogens (tertiary/aromatic N) is 1. The Labute approximate surface area is 158 Å². The number of nitrogens with one attached hydrogen (secondary N) is 2. The molecule has 0 fully saturated rings. The molecule has 0 saturated carbocycles. The largest absolute Gasteiger partial charge is 0.284 e. The summed E-state index contributed by atoms with van der Waals surface area (Å²) in [6.45, 7) is 4.16. The first kappa shape index (κ1) is 19.0. The highest BCUT2D eigenvalue weighted by Gasteiger charge is 2.17. The molecule has 0 aliphatic heterocycles. The number of hydrazine groups is 1. The number of carbonyl (C=O) groups is 1. The van der Waals surface area contributed by atoms with Gasteiger partial charge in [0.25, 0.3) is 15.9 Å². The molecular weight excluding hydrogens is 362 g/mol. The Balaban J connectivity index is 1.71. The zero-order valence-electron chi connectivity index (χ0n) is 15.1. The van der Waals surface area contributed by atoms with Gasteiger partial charge in [0.15, 0.2) is 0 Å². The normalized spacial score (nSPS) is 12.7. The van der Waals surface area contributed by atoms with Crippen LogP contribution >= 0.6 is 0 Å². The molecule has 0 aliphatic carbocycles. The van der Waals surface area contributed by atoms with Crippen LogP contribution in [0.3, 0.4) is 0 Å². The van der Waals surface area contributed by atoms with Crippen LogP contribution in [-0.4, -0.2) is 19.3 Å². The maximum Gasteiger partial charge on any atom is 0.284 e. The van der Waals surface area contributed by atoms with Crippen LogP contribution in [0.4, 0.5) is 0 Å². The molecule has 1 amide bonds. The molecule has 2 aromatic carbocycles. The summed E-state index contributed by atoms with van der Waals surface area (Å²) < 4.78 is 24.8. The van der Waals surface area contributed by atoms with Crippen LogP contribution in [0.15, 0.2) is 65.6 Å². The van der Waals surface area contributed by atoms with Crippen LogP contribution in [0, 0.1) is 0 Å². The van der Waals surface area contributed by atoms with Crippen LogP contribution < -0.4 is 10.3 Å². The van der Waals surface area contributed by atoms with E-state index in [9.17, 15) is 13.2 Å². The van der Waals surface area contributed by atoms with Crippen molar-refractivity contribution < 1.29 is 13.2 Å². The van der Waals surface area contributed by atoms with Crippen molar-refractivity contribution in [3.63, 3.8) is 0 Å². The fourth-order valence-corrected chi connectivity index (χ4v) is 3.48. The van der Waals surface area contributed by atoms with E-state index in [0.717, 1.165) is 17.4 Å². The summed E-state index contributed by atoms with van der Waals surface area (Å²) in [5.41, 5.74) is 4.07. The van der Waals surface area contributed by atoms with E-state index in [2.05, 4.69) is 29.1 Å². The third kappa shape index (κ3) is 4.32. The third-order valence-corrected chi connectivity index (χ3v) is 5.77. The predicted molar refractivity (Wildman–Crippen MR) is 105 cm³/mol. The smallest absolute Gasteiger partial charge is 0.272 e. The number of carbonyl (C=O) groups excluding carboxylic acids is 1. The van der Waals surface area contributed by atoms with Crippen molar-refractivity contribution in [3.05, 3.63) is 71.9 Å². The van der Waals surface area contributed by atoms with Gasteiger partial charge in [-0.25, -0.2) is 13.4 Å². The number of benzene rings is 2. The monoisotopic (exact) mass is 383 g/mol. The van der Waals surface area contributed by atoms with E-state index in [0.29, 0.717) is 11.4 Å². The van der Waals surface area contributed by atoms with E-state index < -0.39 is 15.9 Å². The molecule has 1 heterocycles. The number of hydrogen-bond acceptors (Lipinski definition) is 4. The van der Waals surface area contributed by atoms with Crippen molar-refractivity contribution in [2.24, 2.45) is 0 Å². The molecule has 140 valence electrons. The van der Waals surface area contributed by atoms with Crippen LogP contribution in [0.2, 0.25) is 0 Å². The zero-order valence-corrected chi connectivity index (χ0v) is 16.0. The first-order valence-corrected chi connectivity index (χ1v) is 10.2. The van der Waals surface area contributed by atoms with Gasteiger partial charge in [0, 0.05) is 5.39 Å². The van der Waals surface area contributed by atoms with Gasteiger partial charge in [-0.3, -0.25) is 10.2 Å². The lowest BCUT2D eigenvalue weighted by Crippen LogP contribution is -2.41. The molecule has 0 spiro atoms. The highest BCUT2D eigenvalue weighted by Crippen LogP contribution is 2.20. The maximum atomic E-state index is 12.4. The van der Waals surface area contributed by atoms with E-state index in [1.165, 1.54) is 12.1 Å². The van der Waals surface area contributed by atoms with Crippen LogP contribution in [0.1, 0.15) is 42.2 Å². The van der Waals surface area contributed by atoms with Crippen LogP contribution in [-0.2, 0) is 10.0 Å². The summed E-state index contributed by atoms with van der Waals surface area (Å²) in [6, 6.07) is 17.3. The molecule has 2 N–H and O–H groups in total. The molecule has 1 aromatic heterocycles. The first-order valence-electron chi connectivity index (χ1n) is 8.68. The highest BCUT2D eigenvalue weighted by molar-refractivity contribution is 7.89. The van der Waals surface area contributed by atoms with E-state index in [1.54, 1.807) is 30.3 Å². The quantitative estimate of drug-likeness (QED) is 0.639. The number of amides is 1. The highest BCUT2D eigenvalue weighted by atomic mass is 32.2. The van der Waals surface area contributed by atoms with Gasteiger partial charge in [0.1, 0.15) is 5.69 Å². The van der Waals surface area contributed by atoms with Gasteiger partial charge in [0.05, 0.1) is 10.4 Å². The minimum Gasteiger partial charge on any atom is -0.272 e. The Kier molecular flexibility index (Phi) is 5.53. The van der Waals surface area contributed by atoms with Gasteiger partial charge >= 0.3 is 0 Å². The van der Waals surface area contributed by atoms with Crippen molar-refractivity contribution in [1.82, 2.24) is 15.2 Å². The number of hydrogen-bond donors (Lipinski definition) is 2.